The Balaban J connectivity index is 1.52. The highest BCUT2D eigenvalue weighted by Crippen LogP contribution is 2.37. The Labute approximate surface area is 284 Å². The van der Waals surface area contributed by atoms with Gasteiger partial charge in [0.05, 0.1) is 26.8 Å². The van der Waals surface area contributed by atoms with Crippen molar-refractivity contribution in [3.8, 4) is 33.4 Å². The molecular weight excluding hydrogens is 630 g/mol. The van der Waals surface area contributed by atoms with Crippen molar-refractivity contribution in [3.63, 3.8) is 0 Å². The predicted molar refractivity (Wildman–Crippen MR) is 199 cm³/mol. The van der Waals surface area contributed by atoms with Crippen molar-refractivity contribution >= 4 is 62.3 Å². The van der Waals surface area contributed by atoms with Gasteiger partial charge in [-0.25, -0.2) is 4.98 Å². The van der Waals surface area contributed by atoms with Crippen LogP contribution >= 0.6 is 0 Å². The van der Waals surface area contributed by atoms with Crippen LogP contribution in [0.15, 0.2) is 109 Å². The van der Waals surface area contributed by atoms with E-state index in [2.05, 4.69) is 39.2 Å². The highest BCUT2D eigenvalue weighted by Gasteiger charge is 2.17. The largest absolute Gasteiger partial charge is 0.378 e. The Morgan fingerprint density at radius 3 is 1.48 bits per heavy atom. The monoisotopic (exact) mass is 659 g/mol. The lowest BCUT2D eigenvalue weighted by molar-refractivity contribution is -0.385. The van der Waals surface area contributed by atoms with Crippen molar-refractivity contribution < 1.29 is 9.85 Å². The molecule has 8 bridgehead atoms. The SMILES string of the molecule is CN(C)c1ccc(-c2c3ccc([nH]3)c(-c3cccc([N+](=O)[O-])c3)c3nc(c4ccc([nH]4)c(-c4cccc([N+](=O)[O-])c4)c4ccc2[nH]4)C=C3)cc1. The summed E-state index contributed by atoms with van der Waals surface area (Å²) in [6, 6.07) is 33.2. The third kappa shape index (κ3) is 5.32. The summed E-state index contributed by atoms with van der Waals surface area (Å²) in [7, 11) is 3.98. The number of nitrogens with zero attached hydrogens (tertiary/aromatic N) is 4. The molecule has 11 heteroatoms. The molecule has 0 saturated carbocycles. The number of anilines is 1. The summed E-state index contributed by atoms with van der Waals surface area (Å²) in [5, 5.41) is 23.6. The molecule has 0 spiro atoms. The maximum atomic E-state index is 11.8. The first-order valence-corrected chi connectivity index (χ1v) is 15.8. The van der Waals surface area contributed by atoms with Crippen LogP contribution in [0.1, 0.15) is 11.4 Å². The van der Waals surface area contributed by atoms with Crippen molar-refractivity contribution in [1.82, 2.24) is 19.9 Å². The number of H-pyrrole nitrogens is 3. The van der Waals surface area contributed by atoms with Crippen LogP contribution in [-0.4, -0.2) is 43.9 Å². The molecule has 1 aliphatic rings. The van der Waals surface area contributed by atoms with Gasteiger partial charge >= 0.3 is 0 Å². The Bertz CT molecular complexity index is 2650. The minimum atomic E-state index is -0.400. The van der Waals surface area contributed by atoms with Crippen LogP contribution in [-0.2, 0) is 0 Å². The molecule has 5 heterocycles. The average Bonchev–Trinajstić information content (AvgIpc) is 3.95. The Hall–Kier alpha value is -7.01. The second-order valence-corrected chi connectivity index (χ2v) is 12.3. The Morgan fingerprint density at radius 2 is 0.960 bits per heavy atom. The number of nitrogens with one attached hydrogen (secondary N) is 3. The molecule has 50 heavy (non-hydrogen) atoms. The topological polar surface area (TPSA) is 150 Å². The van der Waals surface area contributed by atoms with Gasteiger partial charge in [0.25, 0.3) is 11.4 Å². The molecule has 4 aromatic heterocycles. The molecule has 0 saturated heterocycles. The number of hydrogen-bond donors (Lipinski definition) is 3. The number of hydrogen-bond acceptors (Lipinski definition) is 6. The average molecular weight is 660 g/mol. The number of non-ortho nitro benzene ring substituents is 2. The van der Waals surface area contributed by atoms with Crippen molar-refractivity contribution in [2.75, 3.05) is 19.0 Å². The number of fused-ring (bicyclic) bond motifs is 9. The quantitative estimate of drug-likeness (QED) is 0.119. The van der Waals surface area contributed by atoms with Gasteiger partial charge in [-0.15, -0.1) is 0 Å². The second kappa shape index (κ2) is 11.9. The number of aromatic nitrogens is 4. The number of aromatic amines is 3. The molecule has 11 nitrogen and oxygen atoms in total. The summed E-state index contributed by atoms with van der Waals surface area (Å²) in [4.78, 5) is 40.6. The first-order valence-electron chi connectivity index (χ1n) is 15.8. The van der Waals surface area contributed by atoms with Gasteiger partial charge in [-0.3, -0.25) is 20.2 Å². The molecule has 0 unspecified atom stereocenters. The van der Waals surface area contributed by atoms with Gasteiger partial charge in [-0.05, 0) is 77.4 Å². The smallest absolute Gasteiger partial charge is 0.270 e. The molecule has 244 valence electrons. The second-order valence-electron chi connectivity index (χ2n) is 12.3. The van der Waals surface area contributed by atoms with Gasteiger partial charge < -0.3 is 19.9 Å². The third-order valence-electron chi connectivity index (χ3n) is 8.94. The molecule has 0 amide bonds. The number of rotatable bonds is 6. The van der Waals surface area contributed by atoms with E-state index in [-0.39, 0.29) is 11.4 Å². The van der Waals surface area contributed by atoms with Crippen molar-refractivity contribution in [2.24, 2.45) is 0 Å². The van der Waals surface area contributed by atoms with Gasteiger partial charge in [0.15, 0.2) is 0 Å². The normalized spacial score (nSPS) is 11.6. The summed E-state index contributed by atoms with van der Waals surface area (Å²) in [6.45, 7) is 0. The van der Waals surface area contributed by atoms with E-state index >= 15 is 0 Å². The standard InChI is InChI=1S/C39H29N7O4/c1-44(2)26-11-9-23(10-12-26)37-31-17-19-35(42-31)38(24-5-3-7-27(21-24)45(47)48)33-15-13-29(40-33)30-14-16-34(41-30)39(36-20-18-32(37)43-36)25-6-4-8-28(22-25)46(49)50/h3-22,40,42-43H,1-2H3. The minimum absolute atomic E-state index is 0.0110. The fraction of sp³-hybridized carbons (Fsp3) is 0.0513. The van der Waals surface area contributed by atoms with E-state index in [1.807, 2.05) is 79.7 Å². The van der Waals surface area contributed by atoms with Gasteiger partial charge in [0, 0.05) is 88.3 Å². The highest BCUT2D eigenvalue weighted by atomic mass is 16.6. The van der Waals surface area contributed by atoms with Gasteiger partial charge in [0.2, 0.25) is 0 Å². The molecule has 0 atom stereocenters. The summed E-state index contributed by atoms with van der Waals surface area (Å²) in [5.74, 6) is 0. The molecule has 8 rings (SSSR count). The van der Waals surface area contributed by atoms with Crippen LogP contribution in [0.25, 0.3) is 78.6 Å². The molecule has 0 fully saturated rings. The van der Waals surface area contributed by atoms with Crippen LogP contribution in [0.4, 0.5) is 17.1 Å². The van der Waals surface area contributed by atoms with Crippen molar-refractivity contribution in [1.29, 1.82) is 0 Å². The predicted octanol–water partition coefficient (Wildman–Crippen LogP) is 9.58. The fourth-order valence-electron chi connectivity index (χ4n) is 6.54. The Kier molecular flexibility index (Phi) is 7.22. The Morgan fingerprint density at radius 1 is 0.520 bits per heavy atom. The maximum Gasteiger partial charge on any atom is 0.270 e. The van der Waals surface area contributed by atoms with Crippen molar-refractivity contribution in [2.45, 2.75) is 0 Å². The van der Waals surface area contributed by atoms with E-state index in [4.69, 9.17) is 4.98 Å². The molecule has 0 aliphatic carbocycles. The van der Waals surface area contributed by atoms with E-state index in [9.17, 15) is 20.2 Å². The van der Waals surface area contributed by atoms with Crippen LogP contribution < -0.4 is 4.90 Å². The van der Waals surface area contributed by atoms with Crippen LogP contribution in [0.3, 0.4) is 0 Å². The van der Waals surface area contributed by atoms with E-state index in [0.717, 1.165) is 55.5 Å². The lowest BCUT2D eigenvalue weighted by Crippen LogP contribution is -2.07. The summed E-state index contributed by atoms with van der Waals surface area (Å²) >= 11 is 0. The molecule has 0 radical (unpaired) electrons. The molecule has 7 aromatic rings. The van der Waals surface area contributed by atoms with Gasteiger partial charge in [-0.1, -0.05) is 36.4 Å². The molecule has 3 N–H and O–H groups in total. The molecular formula is C39H29N7O4. The van der Waals surface area contributed by atoms with E-state index in [0.29, 0.717) is 28.1 Å². The van der Waals surface area contributed by atoms with Gasteiger partial charge in [-0.2, -0.15) is 0 Å². The third-order valence-corrected chi connectivity index (χ3v) is 8.94. The highest BCUT2D eigenvalue weighted by molar-refractivity contribution is 6.00. The summed E-state index contributed by atoms with van der Waals surface area (Å²) < 4.78 is 0. The molecule has 1 aliphatic heterocycles. The summed E-state index contributed by atoms with van der Waals surface area (Å²) in [6.07, 6.45) is 3.81. The fourth-order valence-corrected chi connectivity index (χ4v) is 6.54. The lowest BCUT2D eigenvalue weighted by atomic mass is 10.0. The first-order chi connectivity index (χ1) is 24.2. The zero-order valence-electron chi connectivity index (χ0n) is 27.0. The van der Waals surface area contributed by atoms with Gasteiger partial charge in [0.1, 0.15) is 0 Å². The minimum Gasteiger partial charge on any atom is -0.378 e. The van der Waals surface area contributed by atoms with E-state index < -0.39 is 9.85 Å². The van der Waals surface area contributed by atoms with Crippen LogP contribution in [0.2, 0.25) is 0 Å². The lowest BCUT2D eigenvalue weighted by Gasteiger charge is -2.13. The zero-order chi connectivity index (χ0) is 34.5. The first kappa shape index (κ1) is 30.3. The zero-order valence-corrected chi connectivity index (χ0v) is 27.0. The number of benzene rings is 3. The molecule has 3 aromatic carbocycles. The van der Waals surface area contributed by atoms with Crippen LogP contribution in [0.5, 0.6) is 0 Å². The number of nitro benzene ring substituents is 2. The number of nitro groups is 2. The maximum absolute atomic E-state index is 11.8. The van der Waals surface area contributed by atoms with E-state index in [1.165, 1.54) is 12.1 Å². The van der Waals surface area contributed by atoms with Crippen molar-refractivity contribution in [3.05, 3.63) is 141 Å². The summed E-state index contributed by atoms with van der Waals surface area (Å²) in [5.41, 5.74) is 11.6. The van der Waals surface area contributed by atoms with Crippen LogP contribution in [0, 0.1) is 20.2 Å². The van der Waals surface area contributed by atoms with E-state index in [1.54, 1.807) is 24.3 Å².